The van der Waals surface area contributed by atoms with Crippen LogP contribution in [0.5, 0.6) is 5.75 Å². The van der Waals surface area contributed by atoms with Crippen LogP contribution < -0.4 is 10.1 Å². The third-order valence-electron chi connectivity index (χ3n) is 7.60. The van der Waals surface area contributed by atoms with Crippen LogP contribution in [0.2, 0.25) is 5.02 Å². The van der Waals surface area contributed by atoms with Crippen LogP contribution in [-0.2, 0) is 17.9 Å². The standard InChI is InChI=1S/C28H32ClN3O3/c1-28(27(34)30-21-10-5-3-4-6-11-21)18-31-24-16-22(35-2)14-13-19(24)15-25(31)26(33)32(28)17-20-9-7-8-12-23(20)29/h7-9,12-16,21H,3-6,10-11,17-18H2,1-2H3,(H,30,34)/t28-/m0/s1. The Hall–Kier alpha value is -2.99. The molecule has 1 aliphatic heterocycles. The summed E-state index contributed by atoms with van der Waals surface area (Å²) >= 11 is 6.48. The number of carbonyl (C=O) groups is 2. The maximum atomic E-state index is 14.0. The average Bonchev–Trinajstić information content (AvgIpc) is 3.01. The first-order valence-corrected chi connectivity index (χ1v) is 12.8. The van der Waals surface area contributed by atoms with Gasteiger partial charge in [-0.3, -0.25) is 9.59 Å². The highest BCUT2D eigenvalue weighted by atomic mass is 35.5. The van der Waals surface area contributed by atoms with Crippen LogP contribution in [0.3, 0.4) is 0 Å². The molecule has 1 aliphatic carbocycles. The highest BCUT2D eigenvalue weighted by Gasteiger charge is 2.48. The molecule has 3 aromatic rings. The van der Waals surface area contributed by atoms with E-state index in [0.29, 0.717) is 23.0 Å². The number of benzene rings is 2. The summed E-state index contributed by atoms with van der Waals surface area (Å²) in [6, 6.07) is 15.3. The maximum Gasteiger partial charge on any atom is 0.271 e. The minimum absolute atomic E-state index is 0.111. The average molecular weight is 494 g/mol. The van der Waals surface area contributed by atoms with E-state index in [1.54, 1.807) is 12.0 Å². The minimum Gasteiger partial charge on any atom is -0.497 e. The normalized spacial score (nSPS) is 21.0. The summed E-state index contributed by atoms with van der Waals surface area (Å²) in [5, 5.41) is 4.84. The molecule has 1 saturated carbocycles. The molecule has 0 unspecified atom stereocenters. The second kappa shape index (κ2) is 9.57. The van der Waals surface area contributed by atoms with Gasteiger partial charge in [0.2, 0.25) is 5.91 Å². The van der Waals surface area contributed by atoms with Crippen molar-refractivity contribution in [1.82, 2.24) is 14.8 Å². The Morgan fingerprint density at radius 1 is 1.11 bits per heavy atom. The van der Waals surface area contributed by atoms with Gasteiger partial charge in [0.15, 0.2) is 0 Å². The number of nitrogens with zero attached hydrogens (tertiary/aromatic N) is 2. The highest BCUT2D eigenvalue weighted by Crippen LogP contribution is 2.35. The zero-order valence-electron chi connectivity index (χ0n) is 20.4. The van der Waals surface area contributed by atoms with E-state index < -0.39 is 5.54 Å². The van der Waals surface area contributed by atoms with Gasteiger partial charge < -0.3 is 19.5 Å². The Kier molecular flexibility index (Phi) is 6.49. The van der Waals surface area contributed by atoms with Crippen LogP contribution in [0.25, 0.3) is 10.9 Å². The number of hydrogen-bond donors (Lipinski definition) is 1. The largest absolute Gasteiger partial charge is 0.497 e. The number of carbonyl (C=O) groups excluding carboxylic acids is 2. The first-order chi connectivity index (χ1) is 16.9. The van der Waals surface area contributed by atoms with Crippen molar-refractivity contribution in [1.29, 1.82) is 0 Å². The molecule has 0 radical (unpaired) electrons. The number of methoxy groups -OCH3 is 1. The summed E-state index contributed by atoms with van der Waals surface area (Å²) in [6.45, 7) is 2.49. The number of hydrogen-bond acceptors (Lipinski definition) is 3. The smallest absolute Gasteiger partial charge is 0.271 e. The van der Waals surface area contributed by atoms with E-state index in [-0.39, 0.29) is 24.4 Å². The molecule has 184 valence electrons. The van der Waals surface area contributed by atoms with Gasteiger partial charge >= 0.3 is 0 Å². The number of halogens is 1. The van der Waals surface area contributed by atoms with Gasteiger partial charge in [-0.2, -0.15) is 0 Å². The molecule has 35 heavy (non-hydrogen) atoms. The SMILES string of the molecule is COc1ccc2cc3n(c2c1)C[C@@](C)(C(=O)NC1CCCCCC1)N(Cc1ccccc1Cl)C3=O. The number of ether oxygens (including phenoxy) is 1. The van der Waals surface area contributed by atoms with Crippen LogP contribution in [0.4, 0.5) is 0 Å². The van der Waals surface area contributed by atoms with Gasteiger partial charge in [0, 0.05) is 29.1 Å². The maximum absolute atomic E-state index is 14.0. The fraction of sp³-hybridized carbons (Fsp3) is 0.429. The molecule has 1 aromatic heterocycles. The number of nitrogens with one attached hydrogen (secondary N) is 1. The van der Waals surface area contributed by atoms with Crippen LogP contribution >= 0.6 is 11.6 Å². The van der Waals surface area contributed by atoms with E-state index in [4.69, 9.17) is 16.3 Å². The predicted molar refractivity (Wildman–Crippen MR) is 138 cm³/mol. The Bertz CT molecular complexity index is 1260. The molecule has 1 N–H and O–H groups in total. The Morgan fingerprint density at radius 2 is 1.86 bits per heavy atom. The van der Waals surface area contributed by atoms with Crippen molar-refractivity contribution in [3.8, 4) is 5.75 Å². The van der Waals surface area contributed by atoms with Crippen molar-refractivity contribution in [2.45, 2.75) is 70.1 Å². The van der Waals surface area contributed by atoms with Crippen LogP contribution in [0.1, 0.15) is 61.5 Å². The Labute approximate surface area is 211 Å². The number of rotatable bonds is 5. The zero-order valence-corrected chi connectivity index (χ0v) is 21.1. The Balaban J connectivity index is 1.56. The van der Waals surface area contributed by atoms with E-state index in [0.717, 1.165) is 42.1 Å². The summed E-state index contributed by atoms with van der Waals surface area (Å²) in [5.41, 5.74) is 1.20. The molecule has 2 aromatic carbocycles. The van der Waals surface area contributed by atoms with Crippen LogP contribution in [-0.4, -0.2) is 40.0 Å². The van der Waals surface area contributed by atoms with Crippen molar-refractivity contribution < 1.29 is 14.3 Å². The first kappa shape index (κ1) is 23.7. The molecule has 1 fully saturated rings. The fourth-order valence-corrected chi connectivity index (χ4v) is 5.66. The lowest BCUT2D eigenvalue weighted by Crippen LogP contribution is -2.64. The summed E-state index contributed by atoms with van der Waals surface area (Å²) in [6.07, 6.45) is 6.62. The molecule has 5 rings (SSSR count). The third kappa shape index (κ3) is 4.40. The second-order valence-electron chi connectivity index (χ2n) is 9.96. The van der Waals surface area contributed by atoms with Gasteiger partial charge in [-0.15, -0.1) is 0 Å². The topological polar surface area (TPSA) is 63.6 Å². The quantitative estimate of drug-likeness (QED) is 0.473. The predicted octanol–water partition coefficient (Wildman–Crippen LogP) is 5.56. The van der Waals surface area contributed by atoms with Crippen molar-refractivity contribution in [3.05, 3.63) is 64.8 Å². The molecule has 0 saturated heterocycles. The molecule has 2 aliphatic rings. The number of fused-ring (bicyclic) bond motifs is 3. The van der Waals surface area contributed by atoms with Crippen molar-refractivity contribution in [2.75, 3.05) is 7.11 Å². The van der Waals surface area contributed by atoms with Crippen LogP contribution in [0, 0.1) is 0 Å². The van der Waals surface area contributed by atoms with Gasteiger partial charge in [-0.1, -0.05) is 55.5 Å². The summed E-state index contributed by atoms with van der Waals surface area (Å²) < 4.78 is 7.40. The number of aromatic nitrogens is 1. The van der Waals surface area contributed by atoms with Crippen molar-refractivity contribution in [3.63, 3.8) is 0 Å². The molecule has 1 atom stereocenters. The Morgan fingerprint density at radius 3 is 2.57 bits per heavy atom. The lowest BCUT2D eigenvalue weighted by molar-refractivity contribution is -0.134. The fourth-order valence-electron chi connectivity index (χ4n) is 5.47. The number of amides is 2. The molecule has 2 amide bonds. The van der Waals surface area contributed by atoms with Crippen molar-refractivity contribution in [2.24, 2.45) is 0 Å². The molecule has 2 heterocycles. The zero-order chi connectivity index (χ0) is 24.6. The van der Waals surface area contributed by atoms with E-state index >= 15 is 0 Å². The molecular formula is C28H32ClN3O3. The van der Waals surface area contributed by atoms with E-state index in [1.807, 2.05) is 60.0 Å². The molecule has 6 nitrogen and oxygen atoms in total. The third-order valence-corrected chi connectivity index (χ3v) is 7.97. The van der Waals surface area contributed by atoms with E-state index in [1.165, 1.54) is 12.8 Å². The van der Waals surface area contributed by atoms with Gasteiger partial charge in [-0.05, 0) is 49.6 Å². The van der Waals surface area contributed by atoms with Crippen LogP contribution in [0.15, 0.2) is 48.5 Å². The summed E-state index contributed by atoms with van der Waals surface area (Å²) in [7, 11) is 1.63. The summed E-state index contributed by atoms with van der Waals surface area (Å²) in [4.78, 5) is 29.6. The van der Waals surface area contributed by atoms with Gasteiger partial charge in [0.25, 0.3) is 5.91 Å². The molecule has 0 spiro atoms. The van der Waals surface area contributed by atoms with E-state index in [2.05, 4.69) is 5.32 Å². The lowest BCUT2D eigenvalue weighted by atomic mass is 9.93. The van der Waals surface area contributed by atoms with Gasteiger partial charge in [0.1, 0.15) is 17.0 Å². The summed E-state index contributed by atoms with van der Waals surface area (Å²) in [5.74, 6) is 0.430. The monoisotopic (exact) mass is 493 g/mol. The molecule has 7 heteroatoms. The second-order valence-corrected chi connectivity index (χ2v) is 10.4. The molecule has 0 bridgehead atoms. The minimum atomic E-state index is -1.08. The lowest BCUT2D eigenvalue weighted by Gasteiger charge is -2.44. The first-order valence-electron chi connectivity index (χ1n) is 12.4. The molecular weight excluding hydrogens is 462 g/mol. The van der Waals surface area contributed by atoms with Gasteiger partial charge in [0.05, 0.1) is 19.2 Å². The van der Waals surface area contributed by atoms with Gasteiger partial charge in [-0.25, -0.2) is 0 Å². The van der Waals surface area contributed by atoms with E-state index in [9.17, 15) is 9.59 Å². The van der Waals surface area contributed by atoms with Crippen molar-refractivity contribution >= 4 is 34.3 Å². The highest BCUT2D eigenvalue weighted by molar-refractivity contribution is 6.31.